The maximum absolute atomic E-state index is 3.45. The van der Waals surface area contributed by atoms with Crippen LogP contribution in [0.15, 0.2) is 288 Å². The zero-order valence-corrected chi connectivity index (χ0v) is 44.1. The molecule has 5 heteroatoms. The molecular weight excluding hydrogens is 975 g/mol. The Kier molecular flexibility index (Phi) is 16.6. The summed E-state index contributed by atoms with van der Waals surface area (Å²) in [5.41, 5.74) is 17.3. The van der Waals surface area contributed by atoms with E-state index >= 15 is 0 Å². The van der Waals surface area contributed by atoms with Gasteiger partial charge in [-0.3, -0.25) is 0 Å². The third-order valence-corrected chi connectivity index (χ3v) is 19.5. The van der Waals surface area contributed by atoms with Crippen molar-refractivity contribution in [2.75, 3.05) is 0 Å². The van der Waals surface area contributed by atoms with E-state index in [0.717, 1.165) is 12.8 Å². The van der Waals surface area contributed by atoms with E-state index in [9.17, 15) is 0 Å². The van der Waals surface area contributed by atoms with E-state index in [1.807, 2.05) is 0 Å². The van der Waals surface area contributed by atoms with E-state index in [-0.39, 0.29) is 37.2 Å². The number of allylic oxidation sites excluding steroid dienone is 4. The Hall–Kier alpha value is -6.52. The molecule has 0 heterocycles. The van der Waals surface area contributed by atoms with Crippen molar-refractivity contribution in [3.8, 4) is 66.8 Å². The second-order valence-corrected chi connectivity index (χ2v) is 22.5. The fourth-order valence-electron chi connectivity index (χ4n) is 10.3. The summed E-state index contributed by atoms with van der Waals surface area (Å²) in [4.78, 5) is 0. The molecule has 0 unspecified atom stereocenters. The molecule has 0 atom stereocenters. The van der Waals surface area contributed by atoms with Crippen molar-refractivity contribution in [3.63, 3.8) is 0 Å². The van der Waals surface area contributed by atoms with Crippen molar-refractivity contribution in [3.05, 3.63) is 293 Å². The van der Waals surface area contributed by atoms with Gasteiger partial charge in [0, 0.05) is 0 Å². The van der Waals surface area contributed by atoms with Crippen LogP contribution in [0.4, 0.5) is 0 Å². The van der Waals surface area contributed by atoms with Crippen molar-refractivity contribution in [2.45, 2.75) is 12.8 Å². The van der Waals surface area contributed by atoms with Crippen LogP contribution in [-0.2, 0) is 26.9 Å². The Labute approximate surface area is 450 Å². The van der Waals surface area contributed by atoms with Gasteiger partial charge in [-0.25, -0.2) is 0 Å². The van der Waals surface area contributed by atoms with Crippen LogP contribution >= 0.6 is 37.2 Å². The number of hydrogen-bond acceptors (Lipinski definition) is 0. The van der Waals surface area contributed by atoms with Gasteiger partial charge < -0.3 is 0 Å². The first kappa shape index (κ1) is 50.9. The van der Waals surface area contributed by atoms with Gasteiger partial charge in [0.1, 0.15) is 0 Å². The van der Waals surface area contributed by atoms with Crippen molar-refractivity contribution >= 4 is 60.9 Å². The van der Waals surface area contributed by atoms with E-state index in [1.54, 1.807) is 0 Å². The summed E-state index contributed by atoms with van der Waals surface area (Å²) in [6, 6.07) is 99.8. The summed E-state index contributed by atoms with van der Waals surface area (Å²) >= 11 is 2.42. The van der Waals surface area contributed by atoms with Crippen molar-refractivity contribution in [1.82, 2.24) is 0 Å². The Balaban J connectivity index is 0.00000225. The molecule has 0 amide bonds. The van der Waals surface area contributed by atoms with Gasteiger partial charge in [-0.1, -0.05) is 0 Å². The average molecular weight is 1030 g/mol. The molecule has 10 aromatic carbocycles. The summed E-state index contributed by atoms with van der Waals surface area (Å²) in [7, 11) is -3.45. The molecule has 1 aliphatic carbocycles. The first-order valence-corrected chi connectivity index (χ1v) is 26.4. The van der Waals surface area contributed by atoms with Crippen molar-refractivity contribution in [2.24, 2.45) is 0 Å². The molecule has 0 aliphatic heterocycles. The third kappa shape index (κ3) is 10.6. The van der Waals surface area contributed by atoms with E-state index in [2.05, 4.69) is 293 Å². The summed E-state index contributed by atoms with van der Waals surface area (Å²) < 4.78 is 1.44. The second kappa shape index (κ2) is 23.1. The number of rotatable bonds is 12. The molecule has 345 valence electrons. The van der Waals surface area contributed by atoms with Crippen LogP contribution in [0.5, 0.6) is 0 Å². The van der Waals surface area contributed by atoms with Gasteiger partial charge >= 0.3 is 417 Å². The topological polar surface area (TPSA) is 0 Å². The molecule has 0 aromatic heterocycles. The zero-order valence-electron chi connectivity index (χ0n) is 39.1. The van der Waals surface area contributed by atoms with E-state index in [4.69, 9.17) is 0 Å². The van der Waals surface area contributed by atoms with Crippen molar-refractivity contribution in [1.29, 1.82) is 0 Å². The molecule has 1 aliphatic rings. The van der Waals surface area contributed by atoms with Crippen LogP contribution in [0.25, 0.3) is 66.8 Å². The quantitative estimate of drug-likeness (QED) is 0.0845. The van der Waals surface area contributed by atoms with Gasteiger partial charge in [-0.2, -0.15) is 0 Å². The monoisotopic (exact) mass is 1030 g/mol. The molecule has 0 spiro atoms. The SMILES string of the molecule is Cl.Cl.Cl.[Ti][C]1=C([Si](c2cc(-c3ccccc3)cc(-c3ccccc3)c2)(c2cc(-c3ccccc3)cc(-c3ccccc3)c2)c2cc(-c3ccccc3)cc(-c3ccccc3)c2)C(Cc2ccccc2)=CC1. The van der Waals surface area contributed by atoms with Crippen LogP contribution in [0, 0.1) is 0 Å². The third-order valence-electron chi connectivity index (χ3n) is 13.5. The minimum atomic E-state index is -3.45. The summed E-state index contributed by atoms with van der Waals surface area (Å²) in [5, 5.41) is 5.59. The predicted octanol–water partition coefficient (Wildman–Crippen LogP) is 16.3. The molecule has 10 aromatic rings. The van der Waals surface area contributed by atoms with E-state index < -0.39 is 8.07 Å². The van der Waals surface area contributed by atoms with Crippen LogP contribution in [-0.4, -0.2) is 8.07 Å². The van der Waals surface area contributed by atoms with Gasteiger partial charge in [0.05, 0.1) is 0 Å². The summed E-state index contributed by atoms with van der Waals surface area (Å²) in [5.74, 6) is 0. The standard InChI is InChI=1S/C66H49Si.3ClH.Ti/c1-8-23-49(24-9-1)39-56-37-22-38-66(56)67(63-43-57(50-25-10-2-11-26-50)40-58(44-63)51-27-12-3-13-28-51,64-45-59(52-29-14-4-15-30-52)41-60(46-64)53-31-16-5-17-32-53)65-47-61(54-33-18-6-19-34-54)42-62(48-65)55-35-20-7-21-36-55;;;;/h1-21,23-37,40-48H,22,39H2;3*1H;. The normalized spacial score (nSPS) is 12.0. The fourth-order valence-corrected chi connectivity index (χ4v) is 16.9. The summed E-state index contributed by atoms with van der Waals surface area (Å²) in [6.07, 6.45) is 4.31. The predicted molar refractivity (Wildman–Crippen MR) is 308 cm³/mol. The Morgan fingerprint density at radius 2 is 0.535 bits per heavy atom. The molecule has 0 nitrogen and oxygen atoms in total. The van der Waals surface area contributed by atoms with Crippen LogP contribution in [0.2, 0.25) is 0 Å². The molecule has 0 saturated heterocycles. The van der Waals surface area contributed by atoms with Gasteiger partial charge in [0.15, 0.2) is 0 Å². The molecule has 0 bridgehead atoms. The maximum atomic E-state index is 2.57. The van der Waals surface area contributed by atoms with Crippen molar-refractivity contribution < 1.29 is 20.4 Å². The molecular formula is C66H52Cl3SiTi. The van der Waals surface area contributed by atoms with Gasteiger partial charge in [-0.05, 0) is 0 Å². The van der Waals surface area contributed by atoms with Gasteiger partial charge in [0.2, 0.25) is 0 Å². The number of hydrogen-bond donors (Lipinski definition) is 0. The van der Waals surface area contributed by atoms with Gasteiger partial charge in [0.25, 0.3) is 0 Å². The van der Waals surface area contributed by atoms with E-state index in [1.165, 1.54) is 103 Å². The minimum absolute atomic E-state index is 0. The van der Waals surface area contributed by atoms with Crippen LogP contribution in [0.3, 0.4) is 0 Å². The Bertz CT molecular complexity index is 2940. The molecule has 0 saturated carbocycles. The second-order valence-electron chi connectivity index (χ2n) is 17.8. The van der Waals surface area contributed by atoms with Crippen LogP contribution in [0.1, 0.15) is 12.0 Å². The Morgan fingerprint density at radius 1 is 0.296 bits per heavy atom. The molecule has 71 heavy (non-hydrogen) atoms. The number of benzene rings is 10. The first-order valence-electron chi connectivity index (χ1n) is 23.6. The fraction of sp³-hybridized carbons (Fsp3) is 0.0303. The molecule has 11 rings (SSSR count). The van der Waals surface area contributed by atoms with E-state index in [0.29, 0.717) is 0 Å². The molecule has 0 N–H and O–H groups in total. The zero-order chi connectivity index (χ0) is 45.7. The Morgan fingerprint density at radius 3 is 0.789 bits per heavy atom. The van der Waals surface area contributed by atoms with Crippen LogP contribution < -0.4 is 15.6 Å². The van der Waals surface area contributed by atoms with Gasteiger partial charge in [-0.15, -0.1) is 37.2 Å². The average Bonchev–Trinajstić information content (AvgIpc) is 3.79. The summed E-state index contributed by atoms with van der Waals surface area (Å²) in [6.45, 7) is 0. The molecule has 0 fully saturated rings. The molecule has 0 radical (unpaired) electrons. The first-order chi connectivity index (χ1) is 33.6. The number of halogens is 3.